The number of hydrogen-bond acceptors (Lipinski definition) is 5. The second-order valence-corrected chi connectivity index (χ2v) is 4.97. The largest absolute Gasteiger partial charge is 0.433 e. The van der Waals surface area contributed by atoms with E-state index in [9.17, 15) is 13.2 Å². The highest BCUT2D eigenvalue weighted by Crippen LogP contribution is 2.28. The van der Waals surface area contributed by atoms with Crippen LogP contribution in [0.4, 0.5) is 24.8 Å². The van der Waals surface area contributed by atoms with Gasteiger partial charge >= 0.3 is 6.18 Å². The summed E-state index contributed by atoms with van der Waals surface area (Å²) < 4.78 is 45.0. The van der Waals surface area contributed by atoms with E-state index in [1.54, 1.807) is 10.9 Å². The Morgan fingerprint density at radius 3 is 3.00 bits per heavy atom. The van der Waals surface area contributed by atoms with E-state index in [0.717, 1.165) is 31.7 Å². The van der Waals surface area contributed by atoms with E-state index in [1.807, 2.05) is 0 Å². The molecule has 3 heterocycles. The smallest absolute Gasteiger partial charge is 0.376 e. The zero-order chi connectivity index (χ0) is 15.6. The van der Waals surface area contributed by atoms with Gasteiger partial charge in [0.1, 0.15) is 5.69 Å². The van der Waals surface area contributed by atoms with Crippen molar-refractivity contribution in [3.63, 3.8) is 0 Å². The number of nitrogens with one attached hydrogen (secondary N) is 1. The number of rotatable bonds is 4. The first-order valence-corrected chi connectivity index (χ1v) is 6.82. The molecule has 1 saturated heterocycles. The molecule has 0 radical (unpaired) electrons. The van der Waals surface area contributed by atoms with E-state index in [2.05, 4.69) is 20.4 Å². The van der Waals surface area contributed by atoms with Gasteiger partial charge in [-0.05, 0) is 18.9 Å². The minimum absolute atomic E-state index is 0.119. The Balaban J connectivity index is 1.67. The molecule has 1 unspecified atom stereocenters. The molecule has 2 aromatic rings. The molecule has 1 aliphatic rings. The van der Waals surface area contributed by atoms with Gasteiger partial charge in [0.15, 0.2) is 0 Å². The van der Waals surface area contributed by atoms with Gasteiger partial charge in [0.05, 0.1) is 24.5 Å². The maximum absolute atomic E-state index is 12.6. The Labute approximate surface area is 124 Å². The molecule has 0 spiro atoms. The van der Waals surface area contributed by atoms with Crippen molar-refractivity contribution in [3.05, 3.63) is 30.4 Å². The Hall–Kier alpha value is -2.16. The maximum atomic E-state index is 12.6. The molecule has 1 fully saturated rings. The highest BCUT2D eigenvalue weighted by atomic mass is 19.4. The molecule has 0 amide bonds. The lowest BCUT2D eigenvalue weighted by molar-refractivity contribution is -0.141. The van der Waals surface area contributed by atoms with Crippen molar-refractivity contribution in [2.24, 2.45) is 0 Å². The molecule has 1 N–H and O–H groups in total. The van der Waals surface area contributed by atoms with Crippen LogP contribution >= 0.6 is 0 Å². The summed E-state index contributed by atoms with van der Waals surface area (Å²) in [6, 6.07) is 0.825. The van der Waals surface area contributed by atoms with Gasteiger partial charge < -0.3 is 10.1 Å². The van der Waals surface area contributed by atoms with Gasteiger partial charge in [-0.25, -0.2) is 9.97 Å². The third-order valence-corrected chi connectivity index (χ3v) is 3.25. The molecule has 118 valence electrons. The van der Waals surface area contributed by atoms with Gasteiger partial charge in [-0.15, -0.1) is 0 Å². The van der Waals surface area contributed by atoms with E-state index < -0.39 is 11.9 Å². The summed E-state index contributed by atoms with van der Waals surface area (Å²) in [5.41, 5.74) is -0.464. The summed E-state index contributed by atoms with van der Waals surface area (Å²) in [6.07, 6.45) is 1.92. The summed E-state index contributed by atoms with van der Waals surface area (Å²) in [7, 11) is 0. The fraction of sp³-hybridized carbons (Fsp3) is 0.462. The molecule has 0 saturated carbocycles. The number of ether oxygens (including phenoxy) is 1. The van der Waals surface area contributed by atoms with Crippen LogP contribution in [0.25, 0.3) is 0 Å². The van der Waals surface area contributed by atoms with Crippen LogP contribution in [0.1, 0.15) is 18.5 Å². The van der Waals surface area contributed by atoms with Crippen LogP contribution in [0, 0.1) is 0 Å². The normalized spacial score (nSPS) is 18.6. The number of aromatic nitrogens is 4. The van der Waals surface area contributed by atoms with Crippen LogP contribution in [0.5, 0.6) is 0 Å². The Kier molecular flexibility index (Phi) is 3.97. The third-order valence-electron chi connectivity index (χ3n) is 3.25. The van der Waals surface area contributed by atoms with E-state index in [1.165, 1.54) is 6.20 Å². The van der Waals surface area contributed by atoms with Crippen LogP contribution in [-0.4, -0.2) is 32.5 Å². The molecule has 2 aromatic heterocycles. The molecule has 0 bridgehead atoms. The summed E-state index contributed by atoms with van der Waals surface area (Å²) >= 11 is 0. The molecular formula is C13H14F3N5O. The van der Waals surface area contributed by atoms with Gasteiger partial charge in [-0.3, -0.25) is 4.68 Å². The zero-order valence-corrected chi connectivity index (χ0v) is 11.5. The van der Waals surface area contributed by atoms with Crippen molar-refractivity contribution < 1.29 is 17.9 Å². The summed E-state index contributed by atoms with van der Waals surface area (Å²) in [5, 5.41) is 6.86. The second kappa shape index (κ2) is 5.91. The van der Waals surface area contributed by atoms with E-state index >= 15 is 0 Å². The number of anilines is 2. The summed E-state index contributed by atoms with van der Waals surface area (Å²) in [4.78, 5) is 7.22. The monoisotopic (exact) mass is 313 g/mol. The number of nitrogens with zero attached hydrogens (tertiary/aromatic N) is 4. The lowest BCUT2D eigenvalue weighted by Crippen LogP contribution is -2.15. The van der Waals surface area contributed by atoms with E-state index in [-0.39, 0.29) is 12.1 Å². The standard InChI is InChI=1S/C13H14F3N5O/c14-13(15,16)11-3-4-17-12(20-11)19-9-6-18-21(7-9)8-10-2-1-5-22-10/h3-4,6-7,10H,1-2,5,8H2,(H,17,19,20). The van der Waals surface area contributed by atoms with Gasteiger partial charge in [0.25, 0.3) is 0 Å². The summed E-state index contributed by atoms with van der Waals surface area (Å²) in [5.74, 6) is -0.119. The molecule has 22 heavy (non-hydrogen) atoms. The molecular weight excluding hydrogens is 299 g/mol. The number of hydrogen-bond donors (Lipinski definition) is 1. The topological polar surface area (TPSA) is 64.9 Å². The van der Waals surface area contributed by atoms with Gasteiger partial charge in [0, 0.05) is 19.0 Å². The minimum atomic E-state index is -4.50. The fourth-order valence-corrected chi connectivity index (χ4v) is 2.23. The first-order chi connectivity index (χ1) is 10.5. The quantitative estimate of drug-likeness (QED) is 0.940. The van der Waals surface area contributed by atoms with Crippen molar-refractivity contribution in [2.75, 3.05) is 11.9 Å². The summed E-state index contributed by atoms with van der Waals surface area (Å²) in [6.45, 7) is 1.38. The van der Waals surface area contributed by atoms with Crippen LogP contribution < -0.4 is 5.32 Å². The molecule has 6 nitrogen and oxygen atoms in total. The van der Waals surface area contributed by atoms with Crippen molar-refractivity contribution in [1.29, 1.82) is 0 Å². The lowest BCUT2D eigenvalue weighted by atomic mass is 10.2. The zero-order valence-electron chi connectivity index (χ0n) is 11.5. The van der Waals surface area contributed by atoms with Crippen molar-refractivity contribution in [1.82, 2.24) is 19.7 Å². The molecule has 9 heteroatoms. The Morgan fingerprint density at radius 1 is 1.41 bits per heavy atom. The Morgan fingerprint density at radius 2 is 2.27 bits per heavy atom. The first kappa shape index (κ1) is 14.8. The predicted octanol–water partition coefficient (Wildman–Crippen LogP) is 2.61. The number of alkyl halides is 3. The number of halogens is 3. The molecule has 3 rings (SSSR count). The highest BCUT2D eigenvalue weighted by Gasteiger charge is 2.32. The maximum Gasteiger partial charge on any atom is 0.433 e. The van der Waals surface area contributed by atoms with Crippen LogP contribution in [0.3, 0.4) is 0 Å². The van der Waals surface area contributed by atoms with Crippen LogP contribution in [-0.2, 0) is 17.5 Å². The third kappa shape index (κ3) is 3.53. The van der Waals surface area contributed by atoms with Crippen LogP contribution in [0.15, 0.2) is 24.7 Å². The van der Waals surface area contributed by atoms with Crippen molar-refractivity contribution in [2.45, 2.75) is 31.7 Å². The molecule has 1 atom stereocenters. The Bertz CT molecular complexity index is 637. The molecule has 0 aromatic carbocycles. The molecule has 0 aliphatic carbocycles. The van der Waals surface area contributed by atoms with Crippen LogP contribution in [0.2, 0.25) is 0 Å². The van der Waals surface area contributed by atoms with Crippen molar-refractivity contribution in [3.8, 4) is 0 Å². The fourth-order valence-electron chi connectivity index (χ4n) is 2.23. The lowest BCUT2D eigenvalue weighted by Gasteiger charge is -2.08. The van der Waals surface area contributed by atoms with E-state index in [0.29, 0.717) is 12.2 Å². The first-order valence-electron chi connectivity index (χ1n) is 6.82. The second-order valence-electron chi connectivity index (χ2n) is 4.97. The SMILES string of the molecule is FC(F)(F)c1ccnc(Nc2cnn(CC3CCCO3)c2)n1. The van der Waals surface area contributed by atoms with E-state index in [4.69, 9.17) is 4.74 Å². The average Bonchev–Trinajstić information content (AvgIpc) is 3.11. The van der Waals surface area contributed by atoms with Gasteiger partial charge in [-0.2, -0.15) is 18.3 Å². The van der Waals surface area contributed by atoms with Gasteiger partial charge in [-0.1, -0.05) is 0 Å². The van der Waals surface area contributed by atoms with Gasteiger partial charge in [0.2, 0.25) is 5.95 Å². The highest BCUT2D eigenvalue weighted by molar-refractivity contribution is 5.50. The minimum Gasteiger partial charge on any atom is -0.376 e. The average molecular weight is 313 g/mol. The predicted molar refractivity (Wildman–Crippen MR) is 71.5 cm³/mol. The molecule has 1 aliphatic heterocycles. The van der Waals surface area contributed by atoms with Crippen molar-refractivity contribution >= 4 is 11.6 Å².